The standard InChI is InChI=1S/C23H29N3O5/c1-23(2,3)31-22(29)24-14-16-4-6-17(7-5-16)15-30-19-10-8-18(9-11-19)26-13-12-20(27)25-21(26)28/h4-11,21,28H,12-15H2,1-3H3,(H,24,29)(H,25,27). The zero-order valence-corrected chi connectivity index (χ0v) is 18.1. The lowest BCUT2D eigenvalue weighted by Gasteiger charge is -2.34. The van der Waals surface area contributed by atoms with E-state index in [-0.39, 0.29) is 5.91 Å². The predicted octanol–water partition coefficient (Wildman–Crippen LogP) is 2.89. The molecule has 1 saturated heterocycles. The molecule has 1 atom stereocenters. The molecule has 2 aromatic rings. The molecule has 1 fully saturated rings. The molecule has 2 aromatic carbocycles. The van der Waals surface area contributed by atoms with E-state index in [0.717, 1.165) is 16.8 Å². The summed E-state index contributed by atoms with van der Waals surface area (Å²) in [6.07, 6.45) is -1.11. The number of benzene rings is 2. The van der Waals surface area contributed by atoms with Crippen LogP contribution in [0.15, 0.2) is 48.5 Å². The van der Waals surface area contributed by atoms with Gasteiger partial charge in [0.05, 0.1) is 0 Å². The number of nitrogens with zero attached hydrogens (tertiary/aromatic N) is 1. The number of rotatable bonds is 6. The van der Waals surface area contributed by atoms with Gasteiger partial charge in [0.1, 0.15) is 18.0 Å². The summed E-state index contributed by atoms with van der Waals surface area (Å²) in [6.45, 7) is 6.73. The fourth-order valence-electron chi connectivity index (χ4n) is 3.05. The van der Waals surface area contributed by atoms with Gasteiger partial charge in [-0.1, -0.05) is 24.3 Å². The van der Waals surface area contributed by atoms with Crippen molar-refractivity contribution in [1.29, 1.82) is 0 Å². The summed E-state index contributed by atoms with van der Waals surface area (Å²) in [5, 5.41) is 15.2. The van der Waals surface area contributed by atoms with Gasteiger partial charge in [0, 0.05) is 25.2 Å². The average Bonchev–Trinajstić information content (AvgIpc) is 2.71. The highest BCUT2D eigenvalue weighted by Crippen LogP contribution is 2.22. The number of hydrogen-bond acceptors (Lipinski definition) is 6. The third kappa shape index (κ3) is 6.89. The van der Waals surface area contributed by atoms with Crippen molar-refractivity contribution in [3.63, 3.8) is 0 Å². The molecule has 0 bridgehead atoms. The lowest BCUT2D eigenvalue weighted by Crippen LogP contribution is -2.54. The number of anilines is 1. The Hall–Kier alpha value is -3.26. The van der Waals surface area contributed by atoms with Crippen LogP contribution in [0.25, 0.3) is 0 Å². The van der Waals surface area contributed by atoms with Gasteiger partial charge in [0.25, 0.3) is 0 Å². The zero-order valence-electron chi connectivity index (χ0n) is 18.1. The van der Waals surface area contributed by atoms with Gasteiger partial charge < -0.3 is 30.1 Å². The Labute approximate surface area is 182 Å². The Morgan fingerprint density at radius 3 is 2.39 bits per heavy atom. The number of aliphatic hydroxyl groups excluding tert-OH is 1. The van der Waals surface area contributed by atoms with Crippen LogP contribution in [-0.4, -0.2) is 35.6 Å². The highest BCUT2D eigenvalue weighted by molar-refractivity contribution is 5.78. The minimum Gasteiger partial charge on any atom is -0.489 e. The molecule has 1 aliphatic heterocycles. The van der Waals surface area contributed by atoms with E-state index < -0.39 is 18.0 Å². The molecule has 166 valence electrons. The van der Waals surface area contributed by atoms with Gasteiger partial charge in [-0.2, -0.15) is 0 Å². The average molecular weight is 428 g/mol. The van der Waals surface area contributed by atoms with E-state index in [1.165, 1.54) is 0 Å². The lowest BCUT2D eigenvalue weighted by atomic mass is 10.1. The molecule has 1 aliphatic rings. The summed E-state index contributed by atoms with van der Waals surface area (Å²) in [5.74, 6) is 0.547. The molecular weight excluding hydrogens is 398 g/mol. The highest BCUT2D eigenvalue weighted by Gasteiger charge is 2.24. The van der Waals surface area contributed by atoms with Gasteiger partial charge >= 0.3 is 6.09 Å². The van der Waals surface area contributed by atoms with Crippen LogP contribution in [-0.2, 0) is 22.7 Å². The SMILES string of the molecule is CC(C)(C)OC(=O)NCc1ccc(COc2ccc(N3CCC(=O)NC3O)cc2)cc1. The second-order valence-electron chi connectivity index (χ2n) is 8.34. The van der Waals surface area contributed by atoms with E-state index in [9.17, 15) is 14.7 Å². The first-order valence-corrected chi connectivity index (χ1v) is 10.2. The van der Waals surface area contributed by atoms with Gasteiger partial charge in [-0.05, 0) is 56.2 Å². The van der Waals surface area contributed by atoms with Crippen LogP contribution in [0.4, 0.5) is 10.5 Å². The van der Waals surface area contributed by atoms with Crippen LogP contribution in [0.3, 0.4) is 0 Å². The molecule has 0 aromatic heterocycles. The molecule has 1 heterocycles. The third-order valence-electron chi connectivity index (χ3n) is 4.60. The van der Waals surface area contributed by atoms with E-state index in [4.69, 9.17) is 9.47 Å². The molecule has 0 saturated carbocycles. The minimum atomic E-state index is -1.02. The molecule has 8 heteroatoms. The fourth-order valence-corrected chi connectivity index (χ4v) is 3.05. The Kier molecular flexibility index (Phi) is 7.02. The number of alkyl carbamates (subject to hydrolysis) is 1. The van der Waals surface area contributed by atoms with Crippen LogP contribution in [0, 0.1) is 0 Å². The van der Waals surface area contributed by atoms with Crippen molar-refractivity contribution in [1.82, 2.24) is 10.6 Å². The molecule has 0 aliphatic carbocycles. The normalized spacial score (nSPS) is 16.5. The number of amides is 2. The first kappa shape index (κ1) is 22.4. The van der Waals surface area contributed by atoms with E-state index in [0.29, 0.717) is 31.9 Å². The number of carbonyl (C=O) groups is 2. The van der Waals surface area contributed by atoms with Crippen LogP contribution in [0.5, 0.6) is 5.75 Å². The molecule has 0 radical (unpaired) electrons. The summed E-state index contributed by atoms with van der Waals surface area (Å²) in [7, 11) is 0. The molecule has 3 N–H and O–H groups in total. The zero-order chi connectivity index (χ0) is 22.4. The summed E-state index contributed by atoms with van der Waals surface area (Å²) in [6, 6.07) is 15.1. The first-order chi connectivity index (χ1) is 14.7. The van der Waals surface area contributed by atoms with E-state index in [1.54, 1.807) is 4.90 Å². The lowest BCUT2D eigenvalue weighted by molar-refractivity contribution is -0.125. The van der Waals surface area contributed by atoms with Crippen molar-refractivity contribution in [2.45, 2.75) is 52.3 Å². The summed E-state index contributed by atoms with van der Waals surface area (Å²) < 4.78 is 11.1. The Morgan fingerprint density at radius 2 is 1.77 bits per heavy atom. The Bertz CT molecular complexity index is 891. The number of nitrogens with one attached hydrogen (secondary N) is 2. The molecule has 31 heavy (non-hydrogen) atoms. The fraction of sp³-hybridized carbons (Fsp3) is 0.391. The minimum absolute atomic E-state index is 0.157. The quantitative estimate of drug-likeness (QED) is 0.656. The number of aliphatic hydroxyl groups is 1. The number of ether oxygens (including phenoxy) is 2. The number of hydrogen-bond donors (Lipinski definition) is 3. The smallest absolute Gasteiger partial charge is 0.407 e. The summed E-state index contributed by atoms with van der Waals surface area (Å²) >= 11 is 0. The second kappa shape index (κ2) is 9.70. The van der Waals surface area contributed by atoms with E-state index in [2.05, 4.69) is 10.6 Å². The van der Waals surface area contributed by atoms with Crippen LogP contribution in [0.2, 0.25) is 0 Å². The van der Waals surface area contributed by atoms with Gasteiger partial charge in [-0.3, -0.25) is 4.79 Å². The van der Waals surface area contributed by atoms with Crippen molar-refractivity contribution < 1.29 is 24.2 Å². The van der Waals surface area contributed by atoms with E-state index >= 15 is 0 Å². The Morgan fingerprint density at radius 1 is 1.13 bits per heavy atom. The van der Waals surface area contributed by atoms with Crippen LogP contribution < -0.4 is 20.3 Å². The molecule has 0 spiro atoms. The van der Waals surface area contributed by atoms with Crippen molar-refractivity contribution in [3.05, 3.63) is 59.7 Å². The highest BCUT2D eigenvalue weighted by atomic mass is 16.6. The first-order valence-electron chi connectivity index (χ1n) is 10.2. The van der Waals surface area contributed by atoms with Crippen LogP contribution >= 0.6 is 0 Å². The molecule has 2 amide bonds. The van der Waals surface area contributed by atoms with Crippen molar-refractivity contribution in [2.24, 2.45) is 0 Å². The Balaban J connectivity index is 1.47. The summed E-state index contributed by atoms with van der Waals surface area (Å²) in [5.41, 5.74) is 2.25. The molecule has 3 rings (SSSR count). The molecule has 1 unspecified atom stereocenters. The predicted molar refractivity (Wildman–Crippen MR) is 116 cm³/mol. The maximum atomic E-state index is 11.7. The van der Waals surface area contributed by atoms with Crippen molar-refractivity contribution >= 4 is 17.7 Å². The number of carbonyl (C=O) groups excluding carboxylic acids is 2. The van der Waals surface area contributed by atoms with Crippen molar-refractivity contribution in [2.75, 3.05) is 11.4 Å². The summed E-state index contributed by atoms with van der Waals surface area (Å²) in [4.78, 5) is 24.8. The maximum Gasteiger partial charge on any atom is 0.407 e. The maximum absolute atomic E-state index is 11.7. The van der Waals surface area contributed by atoms with E-state index in [1.807, 2.05) is 69.3 Å². The van der Waals surface area contributed by atoms with Gasteiger partial charge in [-0.15, -0.1) is 0 Å². The van der Waals surface area contributed by atoms with Crippen LogP contribution in [0.1, 0.15) is 38.3 Å². The third-order valence-corrected chi connectivity index (χ3v) is 4.60. The van der Waals surface area contributed by atoms with Gasteiger partial charge in [0.15, 0.2) is 0 Å². The molecular formula is C23H29N3O5. The van der Waals surface area contributed by atoms with Gasteiger partial charge in [0.2, 0.25) is 12.3 Å². The largest absolute Gasteiger partial charge is 0.489 e. The second-order valence-corrected chi connectivity index (χ2v) is 8.34. The van der Waals surface area contributed by atoms with Crippen molar-refractivity contribution in [3.8, 4) is 5.75 Å². The topological polar surface area (TPSA) is 100 Å². The van der Waals surface area contributed by atoms with Gasteiger partial charge in [-0.25, -0.2) is 4.79 Å². The monoisotopic (exact) mass is 427 g/mol. The molecule has 8 nitrogen and oxygen atoms in total.